The highest BCUT2D eigenvalue weighted by Gasteiger charge is 2.56. The van der Waals surface area contributed by atoms with Gasteiger partial charge >= 0.3 is 12.1 Å². The van der Waals surface area contributed by atoms with Crippen LogP contribution in [-0.2, 0) is 28.5 Å². The maximum absolute atomic E-state index is 12.6. The molecule has 0 saturated carbocycles. The quantitative estimate of drug-likeness (QED) is 0.468. The molecule has 13 nitrogen and oxygen atoms in total. The Hall–Kier alpha value is -3.29. The van der Waals surface area contributed by atoms with Crippen LogP contribution in [-0.4, -0.2) is 67.9 Å². The smallest absolute Gasteiger partial charge is 0.414 e. The lowest BCUT2D eigenvalue weighted by molar-refractivity contribution is -0.201. The van der Waals surface area contributed by atoms with Crippen molar-refractivity contribution in [2.24, 2.45) is 0 Å². The molecule has 0 unspecified atom stereocenters. The standard InChI is InChI=1S/C22H29N5O8/c1-10(2)18(29)31-8-11-13-14(34-22(6,7)33-13)17(32-11)27-9-23-12-15(27)24-19(25-16(12)28)26-20(30)35-21(3,4)5/h9,11,13-14,17H,1,8H2,2-7H3,(H2,24,25,26,28,30)/t11-,13-,14-,17-/m1/s1. The number of ether oxygens (including phenoxy) is 5. The lowest BCUT2D eigenvalue weighted by Gasteiger charge is -2.24. The Labute approximate surface area is 200 Å². The molecule has 2 aromatic rings. The van der Waals surface area contributed by atoms with Gasteiger partial charge in [0.05, 0.1) is 6.33 Å². The number of fused-ring (bicyclic) bond motifs is 2. The van der Waals surface area contributed by atoms with Crippen LogP contribution < -0.4 is 10.9 Å². The summed E-state index contributed by atoms with van der Waals surface area (Å²) in [4.78, 5) is 47.6. The molecule has 0 spiro atoms. The number of carbonyl (C=O) groups excluding carboxylic acids is 2. The highest BCUT2D eigenvalue weighted by molar-refractivity contribution is 5.87. The van der Waals surface area contributed by atoms with Crippen LogP contribution in [0, 0.1) is 0 Å². The van der Waals surface area contributed by atoms with E-state index in [-0.39, 0.29) is 29.3 Å². The van der Waals surface area contributed by atoms with Crippen molar-refractivity contribution in [3.8, 4) is 0 Å². The molecular weight excluding hydrogens is 462 g/mol. The number of esters is 1. The van der Waals surface area contributed by atoms with E-state index >= 15 is 0 Å². The van der Waals surface area contributed by atoms with E-state index in [4.69, 9.17) is 23.7 Å². The summed E-state index contributed by atoms with van der Waals surface area (Å²) in [5.41, 5.74) is -0.857. The van der Waals surface area contributed by atoms with Gasteiger partial charge in [0.15, 0.2) is 23.2 Å². The molecule has 0 radical (unpaired) electrons. The minimum Gasteiger partial charge on any atom is -0.459 e. The van der Waals surface area contributed by atoms with Crippen molar-refractivity contribution in [2.45, 2.75) is 77.5 Å². The van der Waals surface area contributed by atoms with E-state index in [1.54, 1.807) is 41.5 Å². The number of aromatic amines is 1. The fourth-order valence-corrected chi connectivity index (χ4v) is 3.87. The van der Waals surface area contributed by atoms with E-state index in [9.17, 15) is 14.4 Å². The van der Waals surface area contributed by atoms with Gasteiger partial charge in [-0.3, -0.25) is 19.7 Å². The number of anilines is 1. The first-order valence-electron chi connectivity index (χ1n) is 11.0. The monoisotopic (exact) mass is 491 g/mol. The summed E-state index contributed by atoms with van der Waals surface area (Å²) in [5.74, 6) is -1.59. The number of H-pyrrole nitrogens is 1. The molecule has 4 rings (SSSR count). The van der Waals surface area contributed by atoms with Crippen molar-refractivity contribution >= 4 is 29.2 Å². The van der Waals surface area contributed by atoms with Crippen LogP contribution in [0.1, 0.15) is 47.8 Å². The largest absolute Gasteiger partial charge is 0.459 e. The molecule has 13 heteroatoms. The van der Waals surface area contributed by atoms with Gasteiger partial charge in [-0.2, -0.15) is 4.98 Å². The van der Waals surface area contributed by atoms with Crippen molar-refractivity contribution in [2.75, 3.05) is 11.9 Å². The van der Waals surface area contributed by atoms with E-state index in [1.807, 2.05) is 0 Å². The molecule has 4 heterocycles. The second-order valence-electron chi connectivity index (χ2n) is 9.87. The van der Waals surface area contributed by atoms with Gasteiger partial charge in [0.25, 0.3) is 5.56 Å². The third kappa shape index (κ3) is 5.21. The topological polar surface area (TPSA) is 156 Å². The van der Waals surface area contributed by atoms with E-state index in [2.05, 4.69) is 26.8 Å². The number of amides is 1. The predicted molar refractivity (Wildman–Crippen MR) is 122 cm³/mol. The summed E-state index contributed by atoms with van der Waals surface area (Å²) in [6.45, 7) is 13.7. The van der Waals surface area contributed by atoms with Crippen LogP contribution in [0.5, 0.6) is 0 Å². The van der Waals surface area contributed by atoms with Gasteiger partial charge in [0, 0.05) is 5.57 Å². The van der Waals surface area contributed by atoms with E-state index in [0.29, 0.717) is 0 Å². The number of hydrogen-bond donors (Lipinski definition) is 2. The molecule has 2 fully saturated rings. The van der Waals surface area contributed by atoms with Gasteiger partial charge in [-0.1, -0.05) is 6.58 Å². The van der Waals surface area contributed by atoms with Crippen molar-refractivity contribution in [3.05, 3.63) is 28.8 Å². The molecule has 0 aliphatic carbocycles. The Balaban J connectivity index is 1.64. The molecule has 4 atom stereocenters. The Bertz CT molecular complexity index is 1230. The molecular formula is C22H29N5O8. The van der Waals surface area contributed by atoms with Crippen LogP contribution in [0.3, 0.4) is 0 Å². The molecule has 2 saturated heterocycles. The van der Waals surface area contributed by atoms with Gasteiger partial charge in [-0.25, -0.2) is 14.6 Å². The number of rotatable bonds is 5. The van der Waals surface area contributed by atoms with Crippen molar-refractivity contribution < 1.29 is 33.3 Å². The molecule has 35 heavy (non-hydrogen) atoms. The predicted octanol–water partition coefficient (Wildman–Crippen LogP) is 2.00. The number of carbonyl (C=O) groups is 2. The van der Waals surface area contributed by atoms with Crippen LogP contribution >= 0.6 is 0 Å². The SMILES string of the molecule is C=C(C)C(=O)OC[C@H]1O[C@@H](n2cnc3c(=O)[nH]c(NC(=O)OC(C)(C)C)nc32)[C@@H]2OC(C)(C)O[C@@H]21. The number of hydrogen-bond acceptors (Lipinski definition) is 10. The highest BCUT2D eigenvalue weighted by atomic mass is 16.8. The summed E-state index contributed by atoms with van der Waals surface area (Å²) in [6, 6.07) is 0. The Kier molecular flexibility index (Phi) is 6.19. The average molecular weight is 492 g/mol. The van der Waals surface area contributed by atoms with Gasteiger partial charge in [0.2, 0.25) is 5.95 Å². The number of aromatic nitrogens is 4. The maximum atomic E-state index is 12.6. The van der Waals surface area contributed by atoms with Crippen LogP contribution in [0.2, 0.25) is 0 Å². The Morgan fingerprint density at radius 1 is 1.29 bits per heavy atom. The number of nitrogens with one attached hydrogen (secondary N) is 2. The molecule has 190 valence electrons. The normalized spacial score (nSPS) is 25.3. The van der Waals surface area contributed by atoms with Gasteiger partial charge in [0.1, 0.15) is 30.5 Å². The first kappa shape index (κ1) is 24.8. The highest BCUT2D eigenvalue weighted by Crippen LogP contribution is 2.43. The summed E-state index contributed by atoms with van der Waals surface area (Å²) < 4.78 is 30.2. The van der Waals surface area contributed by atoms with Gasteiger partial charge in [-0.05, 0) is 41.5 Å². The fourth-order valence-electron chi connectivity index (χ4n) is 3.87. The summed E-state index contributed by atoms with van der Waals surface area (Å²) in [6.07, 6.45) is -2.02. The fraction of sp³-hybridized carbons (Fsp3) is 0.591. The molecule has 2 N–H and O–H groups in total. The lowest BCUT2D eigenvalue weighted by Crippen LogP contribution is -2.33. The molecule has 0 aromatic carbocycles. The van der Waals surface area contributed by atoms with E-state index in [0.717, 1.165) is 0 Å². The Morgan fingerprint density at radius 2 is 1.97 bits per heavy atom. The number of imidazole rings is 1. The van der Waals surface area contributed by atoms with Gasteiger partial charge in [-0.15, -0.1) is 0 Å². The number of nitrogens with zero attached hydrogens (tertiary/aromatic N) is 3. The molecule has 0 bridgehead atoms. The first-order valence-corrected chi connectivity index (χ1v) is 11.0. The van der Waals surface area contributed by atoms with Crippen LogP contribution in [0.4, 0.5) is 10.7 Å². The van der Waals surface area contributed by atoms with Crippen molar-refractivity contribution in [3.63, 3.8) is 0 Å². The first-order chi connectivity index (χ1) is 16.2. The van der Waals surface area contributed by atoms with Crippen LogP contribution in [0.25, 0.3) is 11.2 Å². The minimum absolute atomic E-state index is 0.0372. The zero-order valence-electron chi connectivity index (χ0n) is 20.4. The maximum Gasteiger partial charge on any atom is 0.414 e. The zero-order chi connectivity index (χ0) is 25.7. The molecule has 2 aliphatic heterocycles. The van der Waals surface area contributed by atoms with E-state index < -0.39 is 53.5 Å². The molecule has 1 amide bonds. The van der Waals surface area contributed by atoms with Crippen molar-refractivity contribution in [1.82, 2.24) is 19.5 Å². The Morgan fingerprint density at radius 3 is 2.63 bits per heavy atom. The second-order valence-corrected chi connectivity index (χ2v) is 9.87. The van der Waals surface area contributed by atoms with E-state index in [1.165, 1.54) is 10.9 Å². The third-order valence-electron chi connectivity index (χ3n) is 5.18. The van der Waals surface area contributed by atoms with Crippen LogP contribution in [0.15, 0.2) is 23.3 Å². The summed E-state index contributed by atoms with van der Waals surface area (Å²) in [5, 5.41) is 2.42. The van der Waals surface area contributed by atoms with Crippen molar-refractivity contribution in [1.29, 1.82) is 0 Å². The zero-order valence-corrected chi connectivity index (χ0v) is 20.4. The average Bonchev–Trinajstić information content (AvgIpc) is 3.35. The summed E-state index contributed by atoms with van der Waals surface area (Å²) >= 11 is 0. The minimum atomic E-state index is -0.918. The molecule has 2 aromatic heterocycles. The lowest BCUT2D eigenvalue weighted by atomic mass is 10.1. The third-order valence-corrected chi connectivity index (χ3v) is 5.18. The van der Waals surface area contributed by atoms with Gasteiger partial charge < -0.3 is 23.7 Å². The molecule has 2 aliphatic rings. The summed E-state index contributed by atoms with van der Waals surface area (Å²) in [7, 11) is 0. The second kappa shape index (κ2) is 8.73.